The van der Waals surface area contributed by atoms with Crippen LogP contribution in [0.25, 0.3) is 0 Å². The van der Waals surface area contributed by atoms with Crippen LogP contribution in [0.2, 0.25) is 0 Å². The van der Waals surface area contributed by atoms with E-state index in [-0.39, 0.29) is 0 Å². The van der Waals surface area contributed by atoms with E-state index in [0.29, 0.717) is 11.6 Å². The van der Waals surface area contributed by atoms with Gasteiger partial charge in [0.05, 0.1) is 5.92 Å². The molecule has 1 unspecified atom stereocenters. The molecule has 0 aliphatic rings. The Labute approximate surface area is 134 Å². The standard InChI is InChI=1S/C16H12F4N2O2/c17-12-6-7-13(24-16(19)20)11(14(12)18)8-10(15(23)22-21)9-4-2-1-3-5-9/h1-7,10,16,21H,8H2. The number of nitrogens with zero attached hydrogens (tertiary/aromatic N) is 1. The van der Waals surface area contributed by atoms with Crippen molar-refractivity contribution >= 4 is 5.91 Å². The zero-order valence-electron chi connectivity index (χ0n) is 12.2. The predicted octanol–water partition coefficient (Wildman–Crippen LogP) is 4.45. The number of alkyl halides is 2. The number of hydrogen-bond donors (Lipinski definition) is 1. The first-order valence-electron chi connectivity index (χ1n) is 6.82. The van der Waals surface area contributed by atoms with Gasteiger partial charge in [0.15, 0.2) is 11.6 Å². The molecule has 0 heterocycles. The summed E-state index contributed by atoms with van der Waals surface area (Å²) in [6.45, 7) is -3.24. The minimum absolute atomic E-state index is 0.394. The molecule has 0 aromatic heterocycles. The van der Waals surface area contributed by atoms with E-state index in [4.69, 9.17) is 5.53 Å². The maximum atomic E-state index is 14.1. The first-order valence-corrected chi connectivity index (χ1v) is 6.82. The van der Waals surface area contributed by atoms with E-state index >= 15 is 0 Å². The van der Waals surface area contributed by atoms with Crippen molar-refractivity contribution in [2.75, 3.05) is 0 Å². The highest BCUT2D eigenvalue weighted by Crippen LogP contribution is 2.31. The fraction of sp³-hybridized carbons (Fsp3) is 0.188. The predicted molar refractivity (Wildman–Crippen MR) is 76.0 cm³/mol. The minimum Gasteiger partial charge on any atom is -0.434 e. The fourth-order valence-electron chi connectivity index (χ4n) is 2.29. The van der Waals surface area contributed by atoms with Crippen LogP contribution >= 0.6 is 0 Å². The second-order valence-electron chi connectivity index (χ2n) is 4.83. The molecule has 0 saturated carbocycles. The highest BCUT2D eigenvalue weighted by molar-refractivity contribution is 5.84. The normalized spacial score (nSPS) is 12.0. The Hall–Kier alpha value is -2.77. The summed E-state index contributed by atoms with van der Waals surface area (Å²) in [4.78, 5) is 11.9. The smallest absolute Gasteiger partial charge is 0.387 e. The molecule has 2 aromatic rings. The van der Waals surface area contributed by atoms with E-state index < -0.39 is 47.8 Å². The summed E-state index contributed by atoms with van der Waals surface area (Å²) < 4.78 is 56.7. The van der Waals surface area contributed by atoms with E-state index in [0.717, 1.165) is 6.07 Å². The Balaban J connectivity index is 2.47. The number of halogens is 4. The molecule has 0 aliphatic heterocycles. The molecule has 2 aromatic carbocycles. The monoisotopic (exact) mass is 340 g/mol. The van der Waals surface area contributed by atoms with Crippen LogP contribution < -0.4 is 4.74 Å². The van der Waals surface area contributed by atoms with Gasteiger partial charge in [-0.1, -0.05) is 30.3 Å². The topological polar surface area (TPSA) is 62.5 Å². The van der Waals surface area contributed by atoms with Crippen molar-refractivity contribution in [3.63, 3.8) is 0 Å². The van der Waals surface area contributed by atoms with Crippen molar-refractivity contribution in [1.29, 1.82) is 5.53 Å². The molecule has 1 atom stereocenters. The SMILES string of the molecule is N=NC(=O)C(Cc1c(OC(F)F)ccc(F)c1F)c1ccccc1. The quantitative estimate of drug-likeness (QED) is 0.624. The number of carbonyl (C=O) groups is 1. The average molecular weight is 340 g/mol. The van der Waals surface area contributed by atoms with Gasteiger partial charge in [-0.3, -0.25) is 4.79 Å². The Bertz CT molecular complexity index is 738. The van der Waals surface area contributed by atoms with E-state index in [1.807, 2.05) is 0 Å². The van der Waals surface area contributed by atoms with Crippen LogP contribution in [0.1, 0.15) is 17.0 Å². The summed E-state index contributed by atoms with van der Waals surface area (Å²) in [7, 11) is 0. The van der Waals surface area contributed by atoms with Gasteiger partial charge in [0.25, 0.3) is 5.91 Å². The highest BCUT2D eigenvalue weighted by atomic mass is 19.3. The molecule has 0 aliphatic carbocycles. The van der Waals surface area contributed by atoms with E-state index in [2.05, 4.69) is 9.85 Å². The molecular formula is C16H12F4N2O2. The molecule has 0 saturated heterocycles. The summed E-state index contributed by atoms with van der Waals surface area (Å²) in [5.74, 6) is -5.24. The summed E-state index contributed by atoms with van der Waals surface area (Å²) in [6, 6.07) is 9.50. The van der Waals surface area contributed by atoms with E-state index in [1.165, 1.54) is 0 Å². The van der Waals surface area contributed by atoms with Gasteiger partial charge in [0.1, 0.15) is 5.75 Å². The lowest BCUT2D eigenvalue weighted by Gasteiger charge is -2.17. The second kappa shape index (κ2) is 7.67. The van der Waals surface area contributed by atoms with E-state index in [9.17, 15) is 22.4 Å². The number of hydrogen-bond acceptors (Lipinski definition) is 3. The van der Waals surface area contributed by atoms with Crippen LogP contribution in [0.15, 0.2) is 47.6 Å². The molecule has 4 nitrogen and oxygen atoms in total. The Morgan fingerprint density at radius 2 is 1.79 bits per heavy atom. The van der Waals surface area contributed by atoms with Crippen molar-refractivity contribution in [3.8, 4) is 5.75 Å². The van der Waals surface area contributed by atoms with Crippen molar-refractivity contribution in [3.05, 3.63) is 65.2 Å². The van der Waals surface area contributed by atoms with Gasteiger partial charge in [0.2, 0.25) is 0 Å². The molecule has 24 heavy (non-hydrogen) atoms. The molecule has 1 amide bonds. The zero-order chi connectivity index (χ0) is 17.7. The summed E-state index contributed by atoms with van der Waals surface area (Å²) in [5.41, 5.74) is 6.75. The van der Waals surface area contributed by atoms with Crippen LogP contribution in [0, 0.1) is 17.2 Å². The van der Waals surface area contributed by atoms with Crippen LogP contribution in [0.3, 0.4) is 0 Å². The zero-order valence-corrected chi connectivity index (χ0v) is 12.2. The maximum Gasteiger partial charge on any atom is 0.387 e. The fourth-order valence-corrected chi connectivity index (χ4v) is 2.29. The Kier molecular flexibility index (Phi) is 5.62. The first-order chi connectivity index (χ1) is 11.4. The lowest BCUT2D eigenvalue weighted by atomic mass is 9.90. The molecule has 1 N–H and O–H groups in total. The Morgan fingerprint density at radius 1 is 1.12 bits per heavy atom. The van der Waals surface area contributed by atoms with Gasteiger partial charge >= 0.3 is 6.61 Å². The maximum absolute atomic E-state index is 14.1. The van der Waals surface area contributed by atoms with Crippen molar-refractivity contribution in [2.24, 2.45) is 5.11 Å². The number of carbonyl (C=O) groups excluding carboxylic acids is 1. The van der Waals surface area contributed by atoms with Crippen LogP contribution in [-0.2, 0) is 11.2 Å². The number of amides is 1. The highest BCUT2D eigenvalue weighted by Gasteiger charge is 2.26. The van der Waals surface area contributed by atoms with Gasteiger partial charge in [-0.2, -0.15) is 8.78 Å². The van der Waals surface area contributed by atoms with Gasteiger partial charge in [0, 0.05) is 5.56 Å². The summed E-state index contributed by atoms with van der Waals surface area (Å²) in [5, 5.41) is 2.81. The Morgan fingerprint density at radius 3 is 2.38 bits per heavy atom. The largest absolute Gasteiger partial charge is 0.434 e. The molecule has 0 spiro atoms. The average Bonchev–Trinajstić information content (AvgIpc) is 2.57. The second-order valence-corrected chi connectivity index (χ2v) is 4.83. The first kappa shape index (κ1) is 17.6. The minimum atomic E-state index is -3.24. The molecular weight excluding hydrogens is 328 g/mol. The van der Waals surface area contributed by atoms with Crippen molar-refractivity contribution in [1.82, 2.24) is 0 Å². The van der Waals surface area contributed by atoms with Crippen molar-refractivity contribution in [2.45, 2.75) is 19.0 Å². The third kappa shape index (κ3) is 3.95. The van der Waals surface area contributed by atoms with E-state index in [1.54, 1.807) is 30.3 Å². The van der Waals surface area contributed by atoms with Gasteiger partial charge in [-0.25, -0.2) is 14.3 Å². The molecule has 8 heteroatoms. The molecule has 126 valence electrons. The number of benzene rings is 2. The van der Waals surface area contributed by atoms with Crippen LogP contribution in [0.5, 0.6) is 5.75 Å². The number of ether oxygens (including phenoxy) is 1. The number of rotatable bonds is 6. The molecule has 0 bridgehead atoms. The molecule has 0 fully saturated rings. The summed E-state index contributed by atoms with van der Waals surface area (Å²) in [6.07, 6.45) is -0.475. The number of nitrogens with one attached hydrogen (secondary N) is 1. The summed E-state index contributed by atoms with van der Waals surface area (Å²) >= 11 is 0. The third-order valence-electron chi connectivity index (χ3n) is 3.39. The van der Waals surface area contributed by atoms with Gasteiger partial charge < -0.3 is 4.74 Å². The van der Waals surface area contributed by atoms with Crippen LogP contribution in [-0.4, -0.2) is 12.5 Å². The van der Waals surface area contributed by atoms with Gasteiger partial charge in [-0.15, -0.1) is 5.11 Å². The van der Waals surface area contributed by atoms with Gasteiger partial charge in [-0.05, 0) is 24.1 Å². The molecule has 0 radical (unpaired) electrons. The van der Waals surface area contributed by atoms with Crippen molar-refractivity contribution < 1.29 is 27.1 Å². The lowest BCUT2D eigenvalue weighted by molar-refractivity contribution is -0.120. The lowest BCUT2D eigenvalue weighted by Crippen LogP contribution is -2.16. The molecule has 2 rings (SSSR count). The third-order valence-corrected chi connectivity index (χ3v) is 3.39. The van der Waals surface area contributed by atoms with Crippen LogP contribution in [0.4, 0.5) is 17.6 Å².